The van der Waals surface area contributed by atoms with E-state index in [2.05, 4.69) is 15.5 Å². The fourth-order valence-electron chi connectivity index (χ4n) is 2.06. The van der Waals surface area contributed by atoms with E-state index in [1.54, 1.807) is 18.2 Å². The number of esters is 1. The molecule has 138 valence electrons. The molecule has 0 spiro atoms. The Hall–Kier alpha value is -2.88. The van der Waals surface area contributed by atoms with Crippen LogP contribution >= 0.6 is 11.8 Å². The molecule has 0 aromatic heterocycles. The number of nitrogens with zero attached hydrogens (tertiary/aromatic N) is 2. The average Bonchev–Trinajstić information content (AvgIpc) is 2.92. The summed E-state index contributed by atoms with van der Waals surface area (Å²) in [6, 6.07) is 5.19. The molecule has 0 bridgehead atoms. The van der Waals surface area contributed by atoms with Gasteiger partial charge < -0.3 is 19.9 Å². The third kappa shape index (κ3) is 5.59. The molecule has 9 nitrogen and oxygen atoms in total. The normalized spacial score (nSPS) is 18.2. The zero-order valence-corrected chi connectivity index (χ0v) is 14.9. The number of benzene rings is 1. The molecule has 2 rings (SSSR count). The molecule has 0 saturated carbocycles. The van der Waals surface area contributed by atoms with Crippen LogP contribution in [0.15, 0.2) is 28.4 Å². The minimum Gasteiger partial charge on any atom is -0.496 e. The van der Waals surface area contributed by atoms with Crippen molar-refractivity contribution in [3.05, 3.63) is 29.3 Å². The molecule has 2 N–H and O–H groups in total. The van der Waals surface area contributed by atoms with Gasteiger partial charge in [-0.3, -0.25) is 14.4 Å². The van der Waals surface area contributed by atoms with Crippen molar-refractivity contribution in [2.75, 3.05) is 7.11 Å². The van der Waals surface area contributed by atoms with Gasteiger partial charge in [0, 0.05) is 12.5 Å². The molecule has 1 aromatic carbocycles. The average molecular weight is 379 g/mol. The van der Waals surface area contributed by atoms with Crippen LogP contribution in [0.25, 0.3) is 0 Å². The number of rotatable bonds is 7. The zero-order chi connectivity index (χ0) is 19.1. The highest BCUT2D eigenvalue weighted by molar-refractivity contribution is 8.15. The summed E-state index contributed by atoms with van der Waals surface area (Å²) in [5, 5.41) is 18.5. The summed E-state index contributed by atoms with van der Waals surface area (Å²) in [6.07, 6.45) is 1.18. The standard InChI is InChI=1S/C16H17N3O6S/c1-9(20)25-8-11-5-10(3-4-12(11)24-2)7-17-19-16-18-15(23)13(26-16)6-14(21)22/h3-5,7,13H,6,8H2,1-2H3,(H,21,22)(H,18,19,23). The number of hydrogen-bond donors (Lipinski definition) is 2. The third-order valence-corrected chi connectivity index (χ3v) is 4.30. The second-order valence-electron chi connectivity index (χ2n) is 5.19. The molecule has 1 aliphatic heterocycles. The van der Waals surface area contributed by atoms with Crippen LogP contribution in [0.5, 0.6) is 5.75 Å². The van der Waals surface area contributed by atoms with E-state index >= 15 is 0 Å². The second-order valence-corrected chi connectivity index (χ2v) is 6.39. The maximum absolute atomic E-state index is 11.6. The Kier molecular flexibility index (Phi) is 6.73. The van der Waals surface area contributed by atoms with Crippen LogP contribution in [-0.2, 0) is 25.7 Å². The van der Waals surface area contributed by atoms with Gasteiger partial charge in [-0.2, -0.15) is 5.10 Å². The lowest BCUT2D eigenvalue weighted by Gasteiger charge is -2.09. The zero-order valence-electron chi connectivity index (χ0n) is 14.1. The van der Waals surface area contributed by atoms with Gasteiger partial charge in [-0.15, -0.1) is 5.10 Å². The number of amidine groups is 1. The summed E-state index contributed by atoms with van der Waals surface area (Å²) in [4.78, 5) is 33.3. The number of amides is 1. The van der Waals surface area contributed by atoms with Crippen LogP contribution < -0.4 is 10.1 Å². The van der Waals surface area contributed by atoms with Crippen molar-refractivity contribution in [2.24, 2.45) is 10.2 Å². The highest BCUT2D eigenvalue weighted by atomic mass is 32.2. The Labute approximate surface area is 153 Å². The van der Waals surface area contributed by atoms with Gasteiger partial charge in [-0.25, -0.2) is 0 Å². The summed E-state index contributed by atoms with van der Waals surface area (Å²) in [5.74, 6) is -1.28. The number of carbonyl (C=O) groups is 3. The van der Waals surface area contributed by atoms with Crippen LogP contribution in [0.2, 0.25) is 0 Å². The van der Waals surface area contributed by atoms with E-state index < -0.39 is 23.1 Å². The number of ether oxygens (including phenoxy) is 2. The number of hydrogen-bond acceptors (Lipinski definition) is 8. The SMILES string of the molecule is COc1ccc(C=NN=C2NC(=O)C(CC(=O)O)S2)cc1COC(C)=O. The van der Waals surface area contributed by atoms with Gasteiger partial charge in [0.15, 0.2) is 5.17 Å². The number of carboxylic acids is 1. The van der Waals surface area contributed by atoms with E-state index in [1.807, 2.05) is 0 Å². The molecule has 1 saturated heterocycles. The van der Waals surface area contributed by atoms with Crippen molar-refractivity contribution in [3.63, 3.8) is 0 Å². The first kappa shape index (κ1) is 19.4. The van der Waals surface area contributed by atoms with E-state index in [4.69, 9.17) is 14.6 Å². The Bertz CT molecular complexity index is 777. The van der Waals surface area contributed by atoms with Crippen LogP contribution in [0.4, 0.5) is 0 Å². The van der Waals surface area contributed by atoms with Crippen molar-refractivity contribution in [1.29, 1.82) is 0 Å². The van der Waals surface area contributed by atoms with Crippen LogP contribution in [0.3, 0.4) is 0 Å². The van der Waals surface area contributed by atoms with Gasteiger partial charge >= 0.3 is 11.9 Å². The van der Waals surface area contributed by atoms with Gasteiger partial charge in [-0.05, 0) is 23.8 Å². The Morgan fingerprint density at radius 3 is 2.85 bits per heavy atom. The van der Waals surface area contributed by atoms with Crippen LogP contribution in [-0.4, -0.2) is 46.7 Å². The molecule has 10 heteroatoms. The summed E-state index contributed by atoms with van der Waals surface area (Å²) >= 11 is 1.02. The number of carbonyl (C=O) groups excluding carboxylic acids is 2. The van der Waals surface area contributed by atoms with E-state index in [0.717, 1.165) is 11.8 Å². The molecule has 0 aliphatic carbocycles. The van der Waals surface area contributed by atoms with E-state index in [-0.39, 0.29) is 18.2 Å². The monoisotopic (exact) mass is 379 g/mol. The Balaban J connectivity index is 2.06. The van der Waals surface area contributed by atoms with E-state index in [9.17, 15) is 14.4 Å². The quantitative estimate of drug-likeness (QED) is 0.413. The highest BCUT2D eigenvalue weighted by Gasteiger charge is 2.32. The molecular weight excluding hydrogens is 362 g/mol. The molecule has 1 amide bonds. The fourth-order valence-corrected chi connectivity index (χ4v) is 2.98. The Morgan fingerprint density at radius 2 is 2.19 bits per heavy atom. The first-order chi connectivity index (χ1) is 12.4. The lowest BCUT2D eigenvalue weighted by molar-refractivity contribution is -0.142. The van der Waals surface area contributed by atoms with Crippen molar-refractivity contribution in [2.45, 2.75) is 25.2 Å². The van der Waals surface area contributed by atoms with Gasteiger partial charge in [0.2, 0.25) is 5.91 Å². The third-order valence-electron chi connectivity index (χ3n) is 3.23. The predicted octanol–water partition coefficient (Wildman–Crippen LogP) is 1.15. The first-order valence-corrected chi connectivity index (χ1v) is 8.37. The van der Waals surface area contributed by atoms with E-state index in [0.29, 0.717) is 16.9 Å². The maximum atomic E-state index is 11.6. The number of methoxy groups -OCH3 is 1. The molecule has 1 aliphatic rings. The van der Waals surface area contributed by atoms with Crippen LogP contribution in [0, 0.1) is 0 Å². The van der Waals surface area contributed by atoms with Crippen molar-refractivity contribution < 1.29 is 29.0 Å². The molecule has 1 fully saturated rings. The molecule has 1 atom stereocenters. The number of aliphatic carboxylic acids is 1. The van der Waals surface area contributed by atoms with Gasteiger partial charge in [0.1, 0.15) is 17.6 Å². The van der Waals surface area contributed by atoms with E-state index in [1.165, 1.54) is 20.2 Å². The molecule has 0 radical (unpaired) electrons. The van der Waals surface area contributed by atoms with Crippen molar-refractivity contribution >= 4 is 41.0 Å². The second kappa shape index (κ2) is 8.99. The Morgan fingerprint density at radius 1 is 1.42 bits per heavy atom. The minimum absolute atomic E-state index is 0.0669. The van der Waals surface area contributed by atoms with Crippen molar-refractivity contribution in [3.8, 4) is 5.75 Å². The predicted molar refractivity (Wildman–Crippen MR) is 95.3 cm³/mol. The summed E-state index contributed by atoms with van der Waals surface area (Å²) in [7, 11) is 1.51. The number of nitrogens with one attached hydrogen (secondary N) is 1. The molecule has 1 heterocycles. The fraction of sp³-hybridized carbons (Fsp3) is 0.312. The molecule has 1 unspecified atom stereocenters. The number of carboxylic acid groups (broad SMARTS) is 1. The molecule has 26 heavy (non-hydrogen) atoms. The summed E-state index contributed by atoms with van der Waals surface area (Å²) < 4.78 is 10.2. The minimum atomic E-state index is -1.05. The maximum Gasteiger partial charge on any atom is 0.305 e. The number of thioether (sulfide) groups is 1. The van der Waals surface area contributed by atoms with Crippen LogP contribution in [0.1, 0.15) is 24.5 Å². The lowest BCUT2D eigenvalue weighted by Crippen LogP contribution is -2.26. The lowest BCUT2D eigenvalue weighted by atomic mass is 10.1. The first-order valence-electron chi connectivity index (χ1n) is 7.49. The molecular formula is C16H17N3O6S. The molecule has 1 aromatic rings. The van der Waals surface area contributed by atoms with Crippen molar-refractivity contribution in [1.82, 2.24) is 5.32 Å². The topological polar surface area (TPSA) is 127 Å². The highest BCUT2D eigenvalue weighted by Crippen LogP contribution is 2.23. The van der Waals surface area contributed by atoms with Gasteiger partial charge in [-0.1, -0.05) is 11.8 Å². The smallest absolute Gasteiger partial charge is 0.305 e. The largest absolute Gasteiger partial charge is 0.496 e. The van der Waals surface area contributed by atoms with Gasteiger partial charge in [0.25, 0.3) is 0 Å². The van der Waals surface area contributed by atoms with Gasteiger partial charge in [0.05, 0.1) is 19.7 Å². The summed E-state index contributed by atoms with van der Waals surface area (Å²) in [6.45, 7) is 1.39. The summed E-state index contributed by atoms with van der Waals surface area (Å²) in [5.41, 5.74) is 1.36.